The molecule has 186 valence electrons. The van der Waals surface area contributed by atoms with Crippen molar-refractivity contribution >= 4 is 23.2 Å². The Morgan fingerprint density at radius 1 is 1.11 bits per heavy atom. The standard InChI is InChI=1S/C24H23F3N8O/c1-15-10-32(12-19-28-20-4-2-3-9-35(20)31-19)11-18(15)22-29-21-13-33(14-34(21)23(36)30-22)17-7-5-16(6-8-17)24(25,26)27/h2-9,13,15,18H,10-12,14H2,1H3,(H,29,30,36). The molecule has 0 bridgehead atoms. The molecule has 3 aliphatic heterocycles. The van der Waals surface area contributed by atoms with Gasteiger partial charge in [-0.1, -0.05) is 13.0 Å². The van der Waals surface area contributed by atoms with E-state index in [1.54, 1.807) is 15.6 Å². The maximum absolute atomic E-state index is 12.9. The summed E-state index contributed by atoms with van der Waals surface area (Å²) in [6.07, 6.45) is -0.840. The van der Waals surface area contributed by atoms with Gasteiger partial charge in [-0.05, 0) is 42.3 Å². The first kappa shape index (κ1) is 22.5. The molecule has 5 heterocycles. The second-order valence-corrected chi connectivity index (χ2v) is 9.31. The monoisotopic (exact) mass is 496 g/mol. The van der Waals surface area contributed by atoms with Crippen LogP contribution in [-0.4, -0.2) is 56.0 Å². The summed E-state index contributed by atoms with van der Waals surface area (Å²) >= 11 is 0. The first-order chi connectivity index (χ1) is 17.2. The molecule has 3 aromatic rings. The maximum Gasteiger partial charge on any atom is 0.416 e. The van der Waals surface area contributed by atoms with Crippen molar-refractivity contribution in [3.8, 4) is 0 Å². The topological polar surface area (TPSA) is 81.4 Å². The number of halogens is 3. The van der Waals surface area contributed by atoms with Crippen molar-refractivity contribution in [2.75, 3.05) is 24.7 Å². The van der Waals surface area contributed by atoms with E-state index >= 15 is 0 Å². The van der Waals surface area contributed by atoms with Gasteiger partial charge >= 0.3 is 12.2 Å². The van der Waals surface area contributed by atoms with Crippen LogP contribution < -0.4 is 10.2 Å². The number of urea groups is 1. The molecule has 3 aliphatic rings. The van der Waals surface area contributed by atoms with Gasteiger partial charge in [0.2, 0.25) is 0 Å². The van der Waals surface area contributed by atoms with Gasteiger partial charge < -0.3 is 4.90 Å². The Balaban J connectivity index is 1.18. The fourth-order valence-corrected chi connectivity index (χ4v) is 4.93. The predicted molar refractivity (Wildman–Crippen MR) is 126 cm³/mol. The molecule has 0 saturated carbocycles. The van der Waals surface area contributed by atoms with Gasteiger partial charge in [-0.2, -0.15) is 13.2 Å². The average Bonchev–Trinajstić information content (AvgIpc) is 3.55. The SMILES string of the molecule is CC1CN(Cc2nc3ccccn3n2)CC1C1=NC2=CN(c3ccc(C(F)(F)F)cc3)CN2C(=O)N1. The quantitative estimate of drug-likeness (QED) is 0.598. The molecule has 2 aromatic heterocycles. The lowest BCUT2D eigenvalue weighted by Crippen LogP contribution is -2.49. The second kappa shape index (κ2) is 8.33. The Kier molecular flexibility index (Phi) is 5.21. The highest BCUT2D eigenvalue weighted by atomic mass is 19.4. The Labute approximate surface area is 204 Å². The van der Waals surface area contributed by atoms with Crippen molar-refractivity contribution in [1.82, 2.24) is 29.7 Å². The highest BCUT2D eigenvalue weighted by molar-refractivity contribution is 6.02. The molecule has 0 aliphatic carbocycles. The number of carbonyl (C=O) groups excluding carboxylic acids is 1. The van der Waals surface area contributed by atoms with Crippen LogP contribution in [0.15, 0.2) is 65.7 Å². The molecular weight excluding hydrogens is 473 g/mol. The van der Waals surface area contributed by atoms with E-state index in [-0.39, 0.29) is 24.5 Å². The molecule has 0 spiro atoms. The van der Waals surface area contributed by atoms with Crippen LogP contribution in [0.25, 0.3) is 5.65 Å². The summed E-state index contributed by atoms with van der Waals surface area (Å²) in [4.78, 5) is 27.6. The number of benzene rings is 1. The molecule has 0 radical (unpaired) electrons. The van der Waals surface area contributed by atoms with Crippen molar-refractivity contribution < 1.29 is 18.0 Å². The van der Waals surface area contributed by atoms with Gasteiger partial charge in [-0.25, -0.2) is 19.3 Å². The largest absolute Gasteiger partial charge is 0.416 e. The van der Waals surface area contributed by atoms with Crippen LogP contribution in [0.1, 0.15) is 18.3 Å². The predicted octanol–water partition coefficient (Wildman–Crippen LogP) is 3.52. The van der Waals surface area contributed by atoms with Crippen LogP contribution in [0.5, 0.6) is 0 Å². The lowest BCUT2D eigenvalue weighted by atomic mass is 9.96. The molecule has 9 nitrogen and oxygen atoms in total. The number of amides is 2. The number of carbonyl (C=O) groups is 1. The first-order valence-corrected chi connectivity index (χ1v) is 11.6. The Bertz CT molecular complexity index is 1350. The summed E-state index contributed by atoms with van der Waals surface area (Å²) in [5.74, 6) is 2.09. The van der Waals surface area contributed by atoms with Crippen molar-refractivity contribution in [1.29, 1.82) is 0 Å². The maximum atomic E-state index is 12.9. The number of aliphatic imine (C=N–C) groups is 1. The van der Waals surface area contributed by atoms with Gasteiger partial charge in [0.1, 0.15) is 12.5 Å². The number of fused-ring (bicyclic) bond motifs is 2. The minimum Gasteiger partial charge on any atom is -0.326 e. The van der Waals surface area contributed by atoms with Crippen LogP contribution in [0, 0.1) is 11.8 Å². The van der Waals surface area contributed by atoms with E-state index in [0.717, 1.165) is 30.1 Å². The Hall–Kier alpha value is -3.93. The fraction of sp³-hybridized carbons (Fsp3) is 0.333. The smallest absolute Gasteiger partial charge is 0.326 e. The number of nitrogens with one attached hydrogen (secondary N) is 1. The van der Waals surface area contributed by atoms with Crippen LogP contribution in [-0.2, 0) is 12.7 Å². The number of aromatic nitrogens is 3. The molecule has 1 saturated heterocycles. The number of likely N-dealkylation sites (tertiary alicyclic amines) is 1. The number of amidine groups is 1. The third kappa shape index (κ3) is 4.06. The molecule has 2 atom stereocenters. The summed E-state index contributed by atoms with van der Waals surface area (Å²) in [6, 6.07) is 10.3. The Morgan fingerprint density at radius 3 is 2.67 bits per heavy atom. The summed E-state index contributed by atoms with van der Waals surface area (Å²) in [7, 11) is 0. The van der Waals surface area contributed by atoms with E-state index in [9.17, 15) is 18.0 Å². The van der Waals surface area contributed by atoms with Crippen LogP contribution in [0.3, 0.4) is 0 Å². The van der Waals surface area contributed by atoms with E-state index in [2.05, 4.69) is 27.2 Å². The molecule has 36 heavy (non-hydrogen) atoms. The third-order valence-corrected chi connectivity index (χ3v) is 6.77. The minimum absolute atomic E-state index is 0.0224. The summed E-state index contributed by atoms with van der Waals surface area (Å²) < 4.78 is 40.4. The highest BCUT2D eigenvalue weighted by Gasteiger charge is 2.39. The Morgan fingerprint density at radius 2 is 1.92 bits per heavy atom. The average molecular weight is 496 g/mol. The number of hydrogen-bond acceptors (Lipinski definition) is 6. The lowest BCUT2D eigenvalue weighted by Gasteiger charge is -2.28. The van der Waals surface area contributed by atoms with Crippen LogP contribution in [0.4, 0.5) is 23.7 Å². The van der Waals surface area contributed by atoms with Crippen LogP contribution >= 0.6 is 0 Å². The summed E-state index contributed by atoms with van der Waals surface area (Å²) in [6.45, 7) is 4.41. The van der Waals surface area contributed by atoms with Gasteiger partial charge in [0, 0.05) is 37.1 Å². The molecular formula is C24H23F3N8O. The van der Waals surface area contributed by atoms with Crippen molar-refractivity contribution in [2.45, 2.75) is 19.6 Å². The second-order valence-electron chi connectivity index (χ2n) is 9.31. The molecule has 6 rings (SSSR count). The van der Waals surface area contributed by atoms with Gasteiger partial charge in [0.05, 0.1) is 12.1 Å². The molecule has 2 unspecified atom stereocenters. The number of pyridine rings is 1. The number of alkyl halides is 3. The van der Waals surface area contributed by atoms with Crippen molar-refractivity contribution in [3.05, 3.63) is 72.1 Å². The number of hydrogen-bond donors (Lipinski definition) is 1. The molecule has 2 amide bonds. The van der Waals surface area contributed by atoms with Gasteiger partial charge in [-0.15, -0.1) is 5.10 Å². The molecule has 1 N–H and O–H groups in total. The summed E-state index contributed by atoms with van der Waals surface area (Å²) in [5.41, 5.74) is 0.633. The van der Waals surface area contributed by atoms with E-state index in [1.807, 2.05) is 24.4 Å². The third-order valence-electron chi connectivity index (χ3n) is 6.77. The summed E-state index contributed by atoms with van der Waals surface area (Å²) in [5, 5.41) is 7.46. The van der Waals surface area contributed by atoms with Crippen LogP contribution in [0.2, 0.25) is 0 Å². The van der Waals surface area contributed by atoms with Gasteiger partial charge in [0.15, 0.2) is 17.3 Å². The van der Waals surface area contributed by atoms with E-state index in [4.69, 9.17) is 4.99 Å². The zero-order valence-corrected chi connectivity index (χ0v) is 19.4. The highest BCUT2D eigenvalue weighted by Crippen LogP contribution is 2.33. The zero-order valence-electron chi connectivity index (χ0n) is 19.4. The molecule has 1 fully saturated rings. The zero-order chi connectivity index (χ0) is 25.0. The van der Waals surface area contributed by atoms with Crippen molar-refractivity contribution in [3.63, 3.8) is 0 Å². The van der Waals surface area contributed by atoms with Gasteiger partial charge in [0.25, 0.3) is 0 Å². The molecule has 1 aromatic carbocycles. The number of anilines is 1. The lowest BCUT2D eigenvalue weighted by molar-refractivity contribution is -0.137. The van der Waals surface area contributed by atoms with E-state index in [1.165, 1.54) is 17.0 Å². The van der Waals surface area contributed by atoms with Crippen molar-refractivity contribution in [2.24, 2.45) is 16.8 Å². The minimum atomic E-state index is -4.40. The first-order valence-electron chi connectivity index (χ1n) is 11.6. The molecule has 12 heteroatoms. The van der Waals surface area contributed by atoms with E-state index in [0.29, 0.717) is 30.4 Å². The number of nitrogens with zero attached hydrogens (tertiary/aromatic N) is 7. The van der Waals surface area contributed by atoms with Gasteiger partial charge in [-0.3, -0.25) is 15.1 Å². The number of rotatable bonds is 4. The normalized spacial score (nSPS) is 22.6. The van der Waals surface area contributed by atoms with E-state index < -0.39 is 11.7 Å². The fourth-order valence-electron chi connectivity index (χ4n) is 4.93.